The third-order valence-corrected chi connectivity index (χ3v) is 2.71. The van der Waals surface area contributed by atoms with Crippen molar-refractivity contribution in [3.63, 3.8) is 0 Å². The lowest BCUT2D eigenvalue weighted by atomic mass is 10.2. The molecule has 0 saturated heterocycles. The first-order valence-corrected chi connectivity index (χ1v) is 6.40. The molecule has 16 heavy (non-hydrogen) atoms. The van der Waals surface area contributed by atoms with E-state index in [9.17, 15) is 4.57 Å². The molecule has 0 fully saturated rings. The van der Waals surface area contributed by atoms with Gasteiger partial charge in [-0.3, -0.25) is 9.55 Å². The Bertz CT molecular complexity index is 377. The van der Waals surface area contributed by atoms with Crippen LogP contribution in [0.5, 0.6) is 0 Å². The maximum Gasteiger partial charge on any atom is 0.376 e. The van der Waals surface area contributed by atoms with Gasteiger partial charge < -0.3 is 20.8 Å². The summed E-state index contributed by atoms with van der Waals surface area (Å²) in [5.74, 6) is 0. The van der Waals surface area contributed by atoms with Gasteiger partial charge in [-0.15, -0.1) is 0 Å². The summed E-state index contributed by atoms with van der Waals surface area (Å²) in [7, 11) is -4.31. The molecule has 1 heterocycles. The van der Waals surface area contributed by atoms with E-state index >= 15 is 0 Å². The van der Waals surface area contributed by atoms with E-state index in [1.54, 1.807) is 0 Å². The van der Waals surface area contributed by atoms with E-state index in [0.29, 0.717) is 12.1 Å². The van der Waals surface area contributed by atoms with E-state index in [-0.39, 0.29) is 11.6 Å². The molecule has 1 rings (SSSR count). The molecule has 0 saturated carbocycles. The van der Waals surface area contributed by atoms with Crippen molar-refractivity contribution in [2.45, 2.75) is 19.5 Å². The van der Waals surface area contributed by atoms with Crippen LogP contribution in [0.3, 0.4) is 0 Å². The topological polar surface area (TPSA) is 121 Å². The number of likely N-dealkylation sites (N-methyl/N-ethyl adjacent to an activating group) is 1. The van der Waals surface area contributed by atoms with Gasteiger partial charge >= 0.3 is 7.60 Å². The van der Waals surface area contributed by atoms with Crippen molar-refractivity contribution in [1.29, 1.82) is 0 Å². The Balaban J connectivity index is 2.69. The van der Waals surface area contributed by atoms with Gasteiger partial charge in [0.2, 0.25) is 0 Å². The Hall–Kier alpha value is -0.850. The first kappa shape index (κ1) is 13.2. The number of rotatable bonds is 5. The van der Waals surface area contributed by atoms with Crippen LogP contribution in [0.25, 0.3) is 0 Å². The summed E-state index contributed by atoms with van der Waals surface area (Å²) in [5.41, 5.74) is 5.97. The predicted octanol–water partition coefficient (Wildman–Crippen LogP) is -1.28. The second-order valence-electron chi connectivity index (χ2n) is 3.28. The smallest absolute Gasteiger partial charge is 0.320 e. The van der Waals surface area contributed by atoms with Crippen LogP contribution in [-0.2, 0) is 11.0 Å². The van der Waals surface area contributed by atoms with Crippen molar-refractivity contribution >= 4 is 13.0 Å². The summed E-state index contributed by atoms with van der Waals surface area (Å²) >= 11 is 0. The van der Waals surface area contributed by atoms with E-state index in [4.69, 9.17) is 15.5 Å². The van der Waals surface area contributed by atoms with Gasteiger partial charge in [0, 0.05) is 12.6 Å². The van der Waals surface area contributed by atoms with E-state index in [2.05, 4.69) is 15.3 Å². The van der Waals surface area contributed by atoms with Crippen molar-refractivity contribution in [2.24, 2.45) is 5.73 Å². The average molecular weight is 246 g/mol. The molecule has 1 aromatic heterocycles. The Morgan fingerprint density at radius 3 is 2.62 bits per heavy atom. The molecule has 7 nitrogen and oxygen atoms in total. The minimum atomic E-state index is -4.31. The van der Waals surface area contributed by atoms with Crippen molar-refractivity contribution in [2.75, 3.05) is 6.54 Å². The number of hydrogen-bond donors (Lipinski definition) is 4. The lowest BCUT2D eigenvalue weighted by molar-refractivity contribution is 0.386. The Labute approximate surface area is 93.3 Å². The Morgan fingerprint density at radius 1 is 1.50 bits per heavy atom. The van der Waals surface area contributed by atoms with Crippen molar-refractivity contribution in [3.8, 4) is 0 Å². The highest BCUT2D eigenvalue weighted by Gasteiger charge is 2.19. The van der Waals surface area contributed by atoms with E-state index in [1.807, 2.05) is 6.92 Å². The number of aromatic nitrogens is 2. The molecule has 8 heteroatoms. The molecule has 0 bridgehead atoms. The highest BCUT2D eigenvalue weighted by atomic mass is 31.2. The van der Waals surface area contributed by atoms with Gasteiger partial charge in [0.25, 0.3) is 0 Å². The maximum atomic E-state index is 10.8. The SMILES string of the molecule is CCNC(N)Cc1cnc(P(=O)(O)O)cn1. The van der Waals surface area contributed by atoms with Crippen LogP contribution in [0, 0.1) is 0 Å². The zero-order valence-electron chi connectivity index (χ0n) is 8.87. The molecule has 1 unspecified atom stereocenters. The van der Waals surface area contributed by atoms with Gasteiger partial charge in [-0.1, -0.05) is 6.92 Å². The lowest BCUT2D eigenvalue weighted by Gasteiger charge is -2.11. The zero-order chi connectivity index (χ0) is 12.2. The predicted molar refractivity (Wildman–Crippen MR) is 59.1 cm³/mol. The fourth-order valence-corrected chi connectivity index (χ4v) is 1.58. The largest absolute Gasteiger partial charge is 0.376 e. The number of hydrogen-bond acceptors (Lipinski definition) is 5. The molecular formula is C8H15N4O3P. The summed E-state index contributed by atoms with van der Waals surface area (Å²) in [6, 6.07) is 0. The second kappa shape index (κ2) is 5.47. The van der Waals surface area contributed by atoms with Crippen molar-refractivity contribution < 1.29 is 14.4 Å². The minimum Gasteiger partial charge on any atom is -0.320 e. The zero-order valence-corrected chi connectivity index (χ0v) is 9.76. The van der Waals surface area contributed by atoms with Gasteiger partial charge in [0.1, 0.15) is 0 Å². The van der Waals surface area contributed by atoms with Crippen LogP contribution in [-0.4, -0.2) is 32.5 Å². The number of nitrogens with zero attached hydrogens (tertiary/aromatic N) is 2. The molecule has 0 spiro atoms. The molecule has 0 amide bonds. The molecule has 0 aliphatic rings. The molecule has 1 atom stereocenters. The van der Waals surface area contributed by atoms with Crippen LogP contribution >= 0.6 is 7.60 Å². The Morgan fingerprint density at radius 2 is 2.19 bits per heavy atom. The molecule has 1 aromatic rings. The van der Waals surface area contributed by atoms with E-state index in [1.165, 1.54) is 6.20 Å². The van der Waals surface area contributed by atoms with Crippen LogP contribution in [0.4, 0.5) is 0 Å². The maximum absolute atomic E-state index is 10.8. The van der Waals surface area contributed by atoms with Crippen molar-refractivity contribution in [3.05, 3.63) is 18.1 Å². The fraction of sp³-hybridized carbons (Fsp3) is 0.500. The van der Waals surface area contributed by atoms with Crippen LogP contribution in [0.1, 0.15) is 12.6 Å². The molecular weight excluding hydrogens is 231 g/mol. The van der Waals surface area contributed by atoms with Gasteiger partial charge in [-0.25, -0.2) is 4.98 Å². The normalized spacial score (nSPS) is 13.8. The molecule has 0 aliphatic carbocycles. The molecule has 90 valence electrons. The molecule has 0 aliphatic heterocycles. The first-order valence-electron chi connectivity index (χ1n) is 4.79. The number of nitrogens with two attached hydrogens (primary N) is 1. The third kappa shape index (κ3) is 3.96. The van der Waals surface area contributed by atoms with Crippen LogP contribution in [0.2, 0.25) is 0 Å². The fourth-order valence-electron chi connectivity index (χ4n) is 1.16. The van der Waals surface area contributed by atoms with E-state index in [0.717, 1.165) is 12.7 Å². The summed E-state index contributed by atoms with van der Waals surface area (Å²) in [6.45, 7) is 2.68. The summed E-state index contributed by atoms with van der Waals surface area (Å²) in [6.07, 6.45) is 2.63. The van der Waals surface area contributed by atoms with E-state index < -0.39 is 7.60 Å². The highest BCUT2D eigenvalue weighted by Crippen LogP contribution is 2.31. The average Bonchev–Trinajstić information content (AvgIpc) is 2.17. The monoisotopic (exact) mass is 246 g/mol. The third-order valence-electron chi connectivity index (χ3n) is 1.89. The first-order chi connectivity index (χ1) is 7.43. The standard InChI is InChI=1S/C8H15N4O3P/c1-2-10-7(9)3-6-4-12-8(5-11-6)16(13,14)15/h4-5,7,10H,2-3,9H2,1H3,(H2,13,14,15). The number of nitrogens with one attached hydrogen (secondary N) is 1. The van der Waals surface area contributed by atoms with Crippen LogP contribution in [0.15, 0.2) is 12.4 Å². The quantitative estimate of drug-likeness (QED) is 0.377. The Kier molecular flexibility index (Phi) is 4.52. The minimum absolute atomic E-state index is 0.236. The second-order valence-corrected chi connectivity index (χ2v) is 4.82. The molecule has 0 aromatic carbocycles. The van der Waals surface area contributed by atoms with Gasteiger partial charge in [-0.05, 0) is 6.54 Å². The van der Waals surface area contributed by atoms with Crippen molar-refractivity contribution in [1.82, 2.24) is 15.3 Å². The van der Waals surface area contributed by atoms with Crippen LogP contribution < -0.4 is 16.5 Å². The molecule has 0 radical (unpaired) electrons. The van der Waals surface area contributed by atoms with Gasteiger partial charge in [-0.2, -0.15) is 0 Å². The lowest BCUT2D eigenvalue weighted by Crippen LogP contribution is -2.39. The van der Waals surface area contributed by atoms with Gasteiger partial charge in [0.05, 0.1) is 18.1 Å². The summed E-state index contributed by atoms with van der Waals surface area (Å²) in [4.78, 5) is 25.2. The van der Waals surface area contributed by atoms with Gasteiger partial charge in [0.15, 0.2) is 5.44 Å². The highest BCUT2D eigenvalue weighted by molar-refractivity contribution is 7.59. The summed E-state index contributed by atoms with van der Waals surface area (Å²) < 4.78 is 10.8. The summed E-state index contributed by atoms with van der Waals surface area (Å²) in [5, 5.41) is 3.00. The molecule has 5 N–H and O–H groups in total.